The minimum atomic E-state index is 0.543. The Hall–Kier alpha value is -0.0400. The summed E-state index contributed by atoms with van der Waals surface area (Å²) in [5, 5.41) is 0. The molecule has 0 N–H and O–H groups in total. The van der Waals surface area contributed by atoms with E-state index in [1.807, 2.05) is 0 Å². The van der Waals surface area contributed by atoms with Gasteiger partial charge in [0.1, 0.15) is 0 Å². The molecule has 0 amide bonds. The molecule has 13 heavy (non-hydrogen) atoms. The Kier molecular flexibility index (Phi) is 1.69. The van der Waals surface area contributed by atoms with Gasteiger partial charge >= 0.3 is 0 Å². The molecule has 3 fully saturated rings. The predicted molar refractivity (Wildman–Crippen MR) is 56.7 cm³/mol. The number of hydrogen-bond donors (Lipinski definition) is 0. The Labute approximate surface area is 82.5 Å². The van der Waals surface area contributed by atoms with Crippen LogP contribution in [0.25, 0.3) is 0 Å². The summed E-state index contributed by atoms with van der Waals surface area (Å²) in [5.41, 5.74) is 2.00. The van der Waals surface area contributed by atoms with E-state index in [0.29, 0.717) is 5.41 Å². The minimum absolute atomic E-state index is 0.543. The topological polar surface area (TPSA) is 3.24 Å². The van der Waals surface area contributed by atoms with Crippen LogP contribution in [0.5, 0.6) is 0 Å². The fourth-order valence-corrected chi connectivity index (χ4v) is 3.63. The minimum Gasteiger partial charge on any atom is -0.309 e. The first kappa shape index (κ1) is 9.51. The average molecular weight is 181 g/mol. The molecule has 1 heteroatoms. The summed E-state index contributed by atoms with van der Waals surface area (Å²) in [4.78, 5) is 2.35. The Morgan fingerprint density at radius 3 is 1.85 bits per heavy atom. The van der Waals surface area contributed by atoms with Gasteiger partial charge in [0.05, 0.1) is 0 Å². The van der Waals surface area contributed by atoms with E-state index >= 15 is 0 Å². The first-order chi connectivity index (χ1) is 5.79. The van der Waals surface area contributed by atoms with Crippen LogP contribution in [-0.4, -0.2) is 25.5 Å². The summed E-state index contributed by atoms with van der Waals surface area (Å²) in [6, 6.07) is 0. The van der Waals surface area contributed by atoms with Gasteiger partial charge in [0.15, 0.2) is 0 Å². The molecule has 3 aliphatic rings. The van der Waals surface area contributed by atoms with Crippen LogP contribution in [0.15, 0.2) is 0 Å². The van der Waals surface area contributed by atoms with Gasteiger partial charge in [-0.15, -0.1) is 0 Å². The number of hydrogen-bond acceptors (Lipinski definition) is 1. The van der Waals surface area contributed by atoms with Crippen LogP contribution in [0.1, 0.15) is 40.0 Å². The van der Waals surface area contributed by atoms with E-state index in [9.17, 15) is 0 Å². The number of rotatable bonds is 2. The van der Waals surface area contributed by atoms with Crippen molar-refractivity contribution in [3.8, 4) is 0 Å². The zero-order chi connectivity index (χ0) is 9.91. The van der Waals surface area contributed by atoms with Gasteiger partial charge in [-0.25, -0.2) is 0 Å². The van der Waals surface area contributed by atoms with E-state index in [2.05, 4.69) is 39.8 Å². The lowest BCUT2D eigenvalue weighted by atomic mass is 9.29. The molecule has 2 bridgehead atoms. The lowest BCUT2D eigenvalue weighted by Crippen LogP contribution is -2.69. The molecule has 0 spiro atoms. The molecule has 3 rings (SSSR count). The van der Waals surface area contributed by atoms with Crippen molar-refractivity contribution >= 4 is 0 Å². The van der Waals surface area contributed by atoms with Gasteiger partial charge in [-0.3, -0.25) is 0 Å². The van der Waals surface area contributed by atoms with E-state index < -0.39 is 0 Å². The molecular formula is C12H23N. The van der Waals surface area contributed by atoms with Crippen molar-refractivity contribution in [3.05, 3.63) is 0 Å². The summed E-state index contributed by atoms with van der Waals surface area (Å²) in [7, 11) is 4.40. The molecule has 3 saturated carbocycles. The molecule has 0 aromatic carbocycles. The lowest BCUT2D eigenvalue weighted by molar-refractivity contribution is -0.263. The van der Waals surface area contributed by atoms with Crippen LogP contribution < -0.4 is 0 Å². The van der Waals surface area contributed by atoms with Gasteiger partial charge in [0.25, 0.3) is 0 Å². The zero-order valence-corrected chi connectivity index (χ0v) is 9.78. The smallest absolute Gasteiger partial charge is 0.00325 e. The highest BCUT2D eigenvalue weighted by Gasteiger charge is 2.70. The van der Waals surface area contributed by atoms with Gasteiger partial charge in [0.2, 0.25) is 0 Å². The standard InChI is InChI=1S/C12H23N/c1-10(2,3)12-6-11(7-12,8-12)9-13(4)5/h6-9H2,1-5H3. The molecule has 3 aliphatic carbocycles. The lowest BCUT2D eigenvalue weighted by Gasteiger charge is -2.76. The van der Waals surface area contributed by atoms with Crippen LogP contribution in [0, 0.1) is 16.2 Å². The fourth-order valence-electron chi connectivity index (χ4n) is 3.63. The van der Waals surface area contributed by atoms with Gasteiger partial charge in [-0.05, 0) is 49.6 Å². The molecule has 0 radical (unpaired) electrons. The van der Waals surface area contributed by atoms with E-state index in [1.54, 1.807) is 0 Å². The van der Waals surface area contributed by atoms with Crippen molar-refractivity contribution in [2.75, 3.05) is 20.6 Å². The Bertz CT molecular complexity index is 202. The molecule has 0 atom stereocenters. The van der Waals surface area contributed by atoms with Gasteiger partial charge < -0.3 is 4.90 Å². The van der Waals surface area contributed by atoms with E-state index in [0.717, 1.165) is 10.8 Å². The first-order valence-electron chi connectivity index (χ1n) is 5.44. The fraction of sp³-hybridized carbons (Fsp3) is 1.00. The van der Waals surface area contributed by atoms with E-state index in [1.165, 1.54) is 25.8 Å². The van der Waals surface area contributed by atoms with Crippen LogP contribution in [0.2, 0.25) is 0 Å². The molecule has 0 saturated heterocycles. The molecule has 76 valence electrons. The normalized spacial score (nSPS) is 42.9. The summed E-state index contributed by atoms with van der Waals surface area (Å²) in [6.45, 7) is 8.54. The highest BCUT2D eigenvalue weighted by atomic mass is 15.1. The molecule has 0 heterocycles. The SMILES string of the molecule is CN(C)CC12CC(C(C)(C)C)(C1)C2. The Morgan fingerprint density at radius 1 is 1.08 bits per heavy atom. The van der Waals surface area contributed by atoms with Crippen LogP contribution in [-0.2, 0) is 0 Å². The Morgan fingerprint density at radius 2 is 1.54 bits per heavy atom. The molecule has 0 aliphatic heterocycles. The highest BCUT2D eigenvalue weighted by Crippen LogP contribution is 2.79. The molecule has 0 aromatic rings. The summed E-state index contributed by atoms with van der Waals surface area (Å²) < 4.78 is 0. The van der Waals surface area contributed by atoms with Gasteiger partial charge in [-0.2, -0.15) is 0 Å². The molecular weight excluding hydrogens is 158 g/mol. The molecule has 0 unspecified atom stereocenters. The van der Waals surface area contributed by atoms with Crippen LogP contribution >= 0.6 is 0 Å². The maximum Gasteiger partial charge on any atom is 0.00325 e. The molecule has 0 aromatic heterocycles. The van der Waals surface area contributed by atoms with Crippen molar-refractivity contribution in [1.82, 2.24) is 4.90 Å². The maximum atomic E-state index is 2.41. The van der Waals surface area contributed by atoms with Crippen molar-refractivity contribution in [1.29, 1.82) is 0 Å². The summed E-state index contributed by atoms with van der Waals surface area (Å²) in [5.74, 6) is 0. The first-order valence-corrected chi connectivity index (χ1v) is 5.44. The van der Waals surface area contributed by atoms with E-state index in [-0.39, 0.29) is 0 Å². The van der Waals surface area contributed by atoms with Crippen molar-refractivity contribution in [2.24, 2.45) is 16.2 Å². The monoisotopic (exact) mass is 181 g/mol. The largest absolute Gasteiger partial charge is 0.309 e. The van der Waals surface area contributed by atoms with Crippen molar-refractivity contribution in [3.63, 3.8) is 0 Å². The van der Waals surface area contributed by atoms with Crippen LogP contribution in [0.3, 0.4) is 0 Å². The highest BCUT2D eigenvalue weighted by molar-refractivity contribution is 5.21. The van der Waals surface area contributed by atoms with E-state index in [4.69, 9.17) is 0 Å². The summed E-state index contributed by atoms with van der Waals surface area (Å²) in [6.07, 6.45) is 4.46. The third-order valence-electron chi connectivity index (χ3n) is 4.38. The zero-order valence-electron chi connectivity index (χ0n) is 9.78. The summed E-state index contributed by atoms with van der Waals surface area (Å²) >= 11 is 0. The maximum absolute atomic E-state index is 2.41. The quantitative estimate of drug-likeness (QED) is 0.633. The van der Waals surface area contributed by atoms with Crippen molar-refractivity contribution in [2.45, 2.75) is 40.0 Å². The van der Waals surface area contributed by atoms with Gasteiger partial charge in [0, 0.05) is 6.54 Å². The second kappa shape index (κ2) is 2.31. The predicted octanol–water partition coefficient (Wildman–Crippen LogP) is 2.76. The van der Waals surface area contributed by atoms with Crippen LogP contribution in [0.4, 0.5) is 0 Å². The third kappa shape index (κ3) is 1.16. The molecule has 1 nitrogen and oxygen atoms in total. The van der Waals surface area contributed by atoms with Crippen molar-refractivity contribution < 1.29 is 0 Å². The third-order valence-corrected chi connectivity index (χ3v) is 4.38. The van der Waals surface area contributed by atoms with Gasteiger partial charge in [-0.1, -0.05) is 20.8 Å². The number of nitrogens with zero attached hydrogens (tertiary/aromatic N) is 1. The second-order valence-corrected chi connectivity index (χ2v) is 6.80. The average Bonchev–Trinajstić information content (AvgIpc) is 1.70. The Balaban J connectivity index is 1.93. The second-order valence-electron chi connectivity index (χ2n) is 6.80.